The van der Waals surface area contributed by atoms with Crippen molar-refractivity contribution in [2.45, 2.75) is 42.5 Å². The van der Waals surface area contributed by atoms with E-state index in [0.29, 0.717) is 29.9 Å². The van der Waals surface area contributed by atoms with Crippen LogP contribution in [0.3, 0.4) is 0 Å². The Bertz CT molecular complexity index is 573. The normalized spacial score (nSPS) is 22.9. The number of aromatic amines is 1. The molecule has 0 bridgehead atoms. The molecule has 1 N–H and O–H groups in total. The van der Waals surface area contributed by atoms with E-state index in [1.807, 2.05) is 0 Å². The Hall–Kier alpha value is -0.560. The lowest BCUT2D eigenvalue weighted by Gasteiger charge is -2.37. The number of rotatable bonds is 4. The molecule has 2 aliphatic rings. The Balaban J connectivity index is 1.65. The molecule has 0 unspecified atom stereocenters. The standard InChI is InChI=1S/C14H22ClN3O2S/c15-10-12-9-14(11-16-12)21(19,20)18-7-5-17(6-8-18)13-3-1-2-4-13/h9,11,13,16H,1-8,10H2. The number of halogens is 1. The van der Waals surface area contributed by atoms with E-state index >= 15 is 0 Å². The second kappa shape index (κ2) is 6.28. The summed E-state index contributed by atoms with van der Waals surface area (Å²) >= 11 is 5.72. The summed E-state index contributed by atoms with van der Waals surface area (Å²) in [6.07, 6.45) is 6.70. The van der Waals surface area contributed by atoms with Crippen LogP contribution in [0.5, 0.6) is 0 Å². The average Bonchev–Trinajstić information content (AvgIpc) is 3.19. The molecule has 1 saturated heterocycles. The first-order valence-electron chi connectivity index (χ1n) is 7.59. The van der Waals surface area contributed by atoms with Gasteiger partial charge in [0.1, 0.15) is 0 Å². The van der Waals surface area contributed by atoms with Crippen LogP contribution in [0.1, 0.15) is 31.4 Å². The van der Waals surface area contributed by atoms with E-state index in [1.54, 1.807) is 10.4 Å². The minimum Gasteiger partial charge on any atom is -0.363 e. The highest BCUT2D eigenvalue weighted by Crippen LogP contribution is 2.26. The number of nitrogens with one attached hydrogen (secondary N) is 1. The maximum atomic E-state index is 12.6. The van der Waals surface area contributed by atoms with E-state index in [9.17, 15) is 8.42 Å². The molecule has 21 heavy (non-hydrogen) atoms. The quantitative estimate of drug-likeness (QED) is 0.859. The van der Waals surface area contributed by atoms with Crippen LogP contribution in [0.25, 0.3) is 0 Å². The summed E-state index contributed by atoms with van der Waals surface area (Å²) in [6, 6.07) is 2.30. The molecule has 1 saturated carbocycles. The topological polar surface area (TPSA) is 56.4 Å². The van der Waals surface area contributed by atoms with Gasteiger partial charge in [0.25, 0.3) is 0 Å². The summed E-state index contributed by atoms with van der Waals surface area (Å²) in [5.74, 6) is 0.297. The largest absolute Gasteiger partial charge is 0.363 e. The maximum Gasteiger partial charge on any atom is 0.244 e. The predicted molar refractivity (Wildman–Crippen MR) is 82.9 cm³/mol. The molecule has 5 nitrogen and oxygen atoms in total. The number of nitrogens with zero attached hydrogens (tertiary/aromatic N) is 2. The van der Waals surface area contributed by atoms with E-state index in [0.717, 1.165) is 18.8 Å². The van der Waals surface area contributed by atoms with Crippen LogP contribution < -0.4 is 0 Å². The van der Waals surface area contributed by atoms with Gasteiger partial charge in [-0.05, 0) is 18.9 Å². The smallest absolute Gasteiger partial charge is 0.244 e. The average molecular weight is 332 g/mol. The highest BCUT2D eigenvalue weighted by Gasteiger charge is 2.32. The SMILES string of the molecule is O=S(=O)(c1c[nH]c(CCl)c1)N1CCN(C2CCCC2)CC1. The van der Waals surface area contributed by atoms with Crippen molar-refractivity contribution in [3.63, 3.8) is 0 Å². The summed E-state index contributed by atoms with van der Waals surface area (Å²) < 4.78 is 26.8. The number of aromatic nitrogens is 1. The van der Waals surface area contributed by atoms with Gasteiger partial charge in [0.2, 0.25) is 10.0 Å². The zero-order chi connectivity index (χ0) is 14.9. The van der Waals surface area contributed by atoms with Gasteiger partial charge in [0.05, 0.1) is 10.8 Å². The van der Waals surface area contributed by atoms with Gasteiger partial charge in [-0.2, -0.15) is 4.31 Å². The summed E-state index contributed by atoms with van der Waals surface area (Å²) in [5.41, 5.74) is 0.736. The first-order chi connectivity index (χ1) is 10.1. The molecule has 0 atom stereocenters. The van der Waals surface area contributed by atoms with Gasteiger partial charge in [-0.1, -0.05) is 12.8 Å². The Morgan fingerprint density at radius 1 is 1.19 bits per heavy atom. The highest BCUT2D eigenvalue weighted by molar-refractivity contribution is 7.89. The van der Waals surface area contributed by atoms with Crippen molar-refractivity contribution in [3.8, 4) is 0 Å². The van der Waals surface area contributed by atoms with E-state index in [1.165, 1.54) is 31.9 Å². The summed E-state index contributed by atoms with van der Waals surface area (Å²) in [7, 11) is -3.38. The monoisotopic (exact) mass is 331 g/mol. The Morgan fingerprint density at radius 3 is 2.43 bits per heavy atom. The molecule has 0 amide bonds. The molecule has 0 aromatic carbocycles. The van der Waals surface area contributed by atoms with E-state index in [2.05, 4.69) is 9.88 Å². The van der Waals surface area contributed by atoms with E-state index in [4.69, 9.17) is 11.6 Å². The fourth-order valence-corrected chi connectivity index (χ4v) is 4.97. The van der Waals surface area contributed by atoms with Crippen molar-refractivity contribution in [2.24, 2.45) is 0 Å². The summed E-state index contributed by atoms with van der Waals surface area (Å²) in [4.78, 5) is 5.69. The molecule has 1 aromatic heterocycles. The number of H-pyrrole nitrogens is 1. The van der Waals surface area contributed by atoms with Gasteiger partial charge in [0, 0.05) is 44.1 Å². The van der Waals surface area contributed by atoms with Crippen molar-refractivity contribution < 1.29 is 8.42 Å². The van der Waals surface area contributed by atoms with Crippen molar-refractivity contribution in [1.82, 2.24) is 14.2 Å². The molecule has 0 spiro atoms. The highest BCUT2D eigenvalue weighted by atomic mass is 35.5. The van der Waals surface area contributed by atoms with Crippen LogP contribution in [0.4, 0.5) is 0 Å². The van der Waals surface area contributed by atoms with Crippen LogP contribution in [-0.4, -0.2) is 54.8 Å². The van der Waals surface area contributed by atoms with Gasteiger partial charge in [-0.25, -0.2) is 8.42 Å². The Morgan fingerprint density at radius 2 is 1.86 bits per heavy atom. The molecule has 118 valence electrons. The van der Waals surface area contributed by atoms with Crippen molar-refractivity contribution in [3.05, 3.63) is 18.0 Å². The lowest BCUT2D eigenvalue weighted by Crippen LogP contribution is -2.51. The van der Waals surface area contributed by atoms with Crippen LogP contribution in [0.2, 0.25) is 0 Å². The summed E-state index contributed by atoms with van der Waals surface area (Å²) in [5, 5.41) is 0. The lowest BCUT2D eigenvalue weighted by molar-refractivity contribution is 0.139. The van der Waals surface area contributed by atoms with E-state index < -0.39 is 10.0 Å². The molecule has 2 heterocycles. The second-order valence-corrected chi connectivity index (χ2v) is 8.08. The minimum atomic E-state index is -3.38. The van der Waals surface area contributed by atoms with E-state index in [-0.39, 0.29) is 0 Å². The molecule has 0 radical (unpaired) electrons. The molecule has 1 aliphatic carbocycles. The zero-order valence-electron chi connectivity index (χ0n) is 12.1. The van der Waals surface area contributed by atoms with Crippen LogP contribution in [-0.2, 0) is 15.9 Å². The molecular formula is C14H22ClN3O2S. The molecule has 1 aliphatic heterocycles. The van der Waals surface area contributed by atoms with Gasteiger partial charge >= 0.3 is 0 Å². The molecule has 1 aromatic rings. The minimum absolute atomic E-state index is 0.297. The number of alkyl halides is 1. The fourth-order valence-electron chi connectivity index (χ4n) is 3.37. The van der Waals surface area contributed by atoms with Crippen molar-refractivity contribution in [2.75, 3.05) is 26.2 Å². The fraction of sp³-hybridized carbons (Fsp3) is 0.714. The lowest BCUT2D eigenvalue weighted by atomic mass is 10.2. The number of hydrogen-bond acceptors (Lipinski definition) is 3. The Kier molecular flexibility index (Phi) is 4.59. The van der Waals surface area contributed by atoms with Crippen LogP contribution >= 0.6 is 11.6 Å². The number of sulfonamides is 1. The number of hydrogen-bond donors (Lipinski definition) is 1. The first-order valence-corrected chi connectivity index (χ1v) is 9.56. The molecular weight excluding hydrogens is 310 g/mol. The third-order valence-electron chi connectivity index (χ3n) is 4.61. The Labute approximate surface area is 131 Å². The molecule has 3 rings (SSSR count). The second-order valence-electron chi connectivity index (χ2n) is 5.87. The van der Waals surface area contributed by atoms with Gasteiger partial charge in [0.15, 0.2) is 0 Å². The third kappa shape index (κ3) is 3.13. The van der Waals surface area contributed by atoms with Crippen molar-refractivity contribution in [1.29, 1.82) is 0 Å². The number of piperazine rings is 1. The van der Waals surface area contributed by atoms with Gasteiger partial charge in [-0.3, -0.25) is 4.90 Å². The maximum absolute atomic E-state index is 12.6. The zero-order valence-corrected chi connectivity index (χ0v) is 13.7. The summed E-state index contributed by atoms with van der Waals surface area (Å²) in [6.45, 7) is 2.85. The van der Waals surface area contributed by atoms with Crippen LogP contribution in [0, 0.1) is 0 Å². The first kappa shape index (κ1) is 15.3. The predicted octanol–water partition coefficient (Wildman–Crippen LogP) is 2.00. The van der Waals surface area contributed by atoms with Crippen molar-refractivity contribution >= 4 is 21.6 Å². The molecule has 2 fully saturated rings. The van der Waals surface area contributed by atoms with Gasteiger partial charge < -0.3 is 4.98 Å². The van der Waals surface area contributed by atoms with Crippen LogP contribution in [0.15, 0.2) is 17.2 Å². The third-order valence-corrected chi connectivity index (χ3v) is 6.78. The van der Waals surface area contributed by atoms with Gasteiger partial charge in [-0.15, -0.1) is 11.6 Å². The molecule has 7 heteroatoms.